The Morgan fingerprint density at radius 3 is 1.60 bits per heavy atom. The second-order valence-electron chi connectivity index (χ2n) is 11.4. The first-order chi connectivity index (χ1) is 22.8. The number of fused-ring (bicyclic) bond motifs is 3. The molecule has 0 aliphatic rings. The summed E-state index contributed by atoms with van der Waals surface area (Å²) >= 11 is 8.10. The minimum absolute atomic E-state index is 0.777. The third kappa shape index (κ3) is 5.06. The standard InChI is InChI=1S/C35H29N5O2S5/c1-39(2)20-11-7-18(8-12-20)23-15-25-33(43-23)30(41-5)32(45-25)22-17-36-29(28-27(22)37-47-38-28)35-31(42-6)34-26(46-35)16-24(44-34)19-9-13-21(14-10-19)40(3)4/h7-17H,1-6H3. The van der Waals surface area contributed by atoms with Crippen molar-refractivity contribution in [3.05, 3.63) is 66.9 Å². The quantitative estimate of drug-likeness (QED) is 0.155. The molecular formula is C35H29N5O2S5. The van der Waals surface area contributed by atoms with Gasteiger partial charge in [0.2, 0.25) is 0 Å². The van der Waals surface area contributed by atoms with Crippen LogP contribution in [0.15, 0.2) is 66.9 Å². The van der Waals surface area contributed by atoms with Gasteiger partial charge in [0.25, 0.3) is 0 Å². The van der Waals surface area contributed by atoms with E-state index in [0.29, 0.717) is 0 Å². The van der Waals surface area contributed by atoms with Gasteiger partial charge in [0.05, 0.1) is 54.5 Å². The van der Waals surface area contributed by atoms with E-state index in [2.05, 4.69) is 98.7 Å². The summed E-state index contributed by atoms with van der Waals surface area (Å²) < 4.78 is 26.2. The van der Waals surface area contributed by atoms with Crippen LogP contribution in [-0.4, -0.2) is 56.1 Å². The first kappa shape index (κ1) is 30.3. The number of anilines is 2. The van der Waals surface area contributed by atoms with Crippen LogP contribution in [0.5, 0.6) is 11.5 Å². The van der Waals surface area contributed by atoms with Crippen LogP contribution in [0.1, 0.15) is 0 Å². The zero-order valence-electron chi connectivity index (χ0n) is 26.4. The lowest BCUT2D eigenvalue weighted by molar-refractivity contribution is 0.423. The number of nitrogens with zero attached hydrogens (tertiary/aromatic N) is 5. The fourth-order valence-electron chi connectivity index (χ4n) is 5.68. The molecule has 0 spiro atoms. The molecule has 0 unspecified atom stereocenters. The van der Waals surface area contributed by atoms with Crippen LogP contribution in [-0.2, 0) is 0 Å². The highest BCUT2D eigenvalue weighted by Crippen LogP contribution is 2.53. The van der Waals surface area contributed by atoms with Crippen LogP contribution in [0.3, 0.4) is 0 Å². The fraction of sp³-hybridized carbons (Fsp3) is 0.171. The summed E-state index contributed by atoms with van der Waals surface area (Å²) in [6, 6.07) is 21.8. The molecule has 0 atom stereocenters. The Kier molecular flexibility index (Phi) is 7.65. The van der Waals surface area contributed by atoms with E-state index in [4.69, 9.17) is 23.2 Å². The molecule has 0 bridgehead atoms. The number of rotatable bonds is 8. The maximum atomic E-state index is 6.05. The number of hydrogen-bond donors (Lipinski definition) is 0. The van der Waals surface area contributed by atoms with E-state index in [0.717, 1.165) is 52.9 Å². The number of ether oxygens (including phenoxy) is 2. The molecule has 0 radical (unpaired) electrons. The van der Waals surface area contributed by atoms with Gasteiger partial charge < -0.3 is 19.3 Å². The summed E-state index contributed by atoms with van der Waals surface area (Å²) in [5.74, 6) is 1.69. The first-order valence-corrected chi connectivity index (χ1v) is 18.7. The van der Waals surface area contributed by atoms with Crippen molar-refractivity contribution in [2.75, 3.05) is 52.2 Å². The predicted octanol–water partition coefficient (Wildman–Crippen LogP) is 10.5. The van der Waals surface area contributed by atoms with Crippen molar-refractivity contribution < 1.29 is 9.47 Å². The third-order valence-corrected chi connectivity index (χ3v) is 13.6. The van der Waals surface area contributed by atoms with Gasteiger partial charge in [0, 0.05) is 61.1 Å². The normalized spacial score (nSPS) is 11.6. The molecule has 236 valence electrons. The van der Waals surface area contributed by atoms with E-state index >= 15 is 0 Å². The van der Waals surface area contributed by atoms with E-state index in [1.54, 1.807) is 59.6 Å². The van der Waals surface area contributed by atoms with Crippen molar-refractivity contribution >= 4 is 98.3 Å². The highest BCUT2D eigenvalue weighted by Gasteiger charge is 2.26. The molecule has 6 heterocycles. The van der Waals surface area contributed by atoms with Gasteiger partial charge in [-0.15, -0.1) is 45.3 Å². The summed E-state index contributed by atoms with van der Waals surface area (Å²) in [4.78, 5) is 13.7. The smallest absolute Gasteiger partial charge is 0.156 e. The van der Waals surface area contributed by atoms with Gasteiger partial charge in [0.1, 0.15) is 16.7 Å². The minimum Gasteiger partial charge on any atom is -0.494 e. The lowest BCUT2D eigenvalue weighted by atomic mass is 10.1. The zero-order valence-corrected chi connectivity index (χ0v) is 30.5. The molecule has 8 rings (SSSR count). The van der Waals surface area contributed by atoms with Crippen LogP contribution >= 0.6 is 57.1 Å². The summed E-state index contributed by atoms with van der Waals surface area (Å²) in [6.45, 7) is 0. The Morgan fingerprint density at radius 2 is 1.09 bits per heavy atom. The molecule has 12 heteroatoms. The van der Waals surface area contributed by atoms with Crippen LogP contribution < -0.4 is 19.3 Å². The molecule has 0 saturated heterocycles. The van der Waals surface area contributed by atoms with Gasteiger partial charge >= 0.3 is 0 Å². The molecule has 6 aromatic heterocycles. The van der Waals surface area contributed by atoms with Crippen molar-refractivity contribution in [2.45, 2.75) is 0 Å². The molecule has 7 nitrogen and oxygen atoms in total. The van der Waals surface area contributed by atoms with E-state index in [-0.39, 0.29) is 0 Å². The van der Waals surface area contributed by atoms with Crippen molar-refractivity contribution in [2.24, 2.45) is 0 Å². The average Bonchev–Trinajstić information content (AvgIpc) is 3.90. The van der Waals surface area contributed by atoms with E-state index in [1.165, 1.54) is 53.4 Å². The van der Waals surface area contributed by atoms with Gasteiger partial charge in [0.15, 0.2) is 11.5 Å². The van der Waals surface area contributed by atoms with Gasteiger partial charge in [-0.2, -0.15) is 8.75 Å². The third-order valence-electron chi connectivity index (χ3n) is 8.14. The highest BCUT2D eigenvalue weighted by atomic mass is 32.1. The van der Waals surface area contributed by atoms with E-state index in [1.807, 2.05) is 6.20 Å². The van der Waals surface area contributed by atoms with Gasteiger partial charge in [-0.25, -0.2) is 0 Å². The minimum atomic E-state index is 0.777. The number of thiophene rings is 4. The number of pyridine rings is 1. The predicted molar refractivity (Wildman–Crippen MR) is 205 cm³/mol. The second kappa shape index (κ2) is 11.9. The molecule has 0 saturated carbocycles. The van der Waals surface area contributed by atoms with Crippen molar-refractivity contribution in [3.8, 4) is 53.4 Å². The Balaban J connectivity index is 1.17. The van der Waals surface area contributed by atoms with Crippen molar-refractivity contribution in [1.29, 1.82) is 0 Å². The Hall–Kier alpha value is -4.07. The second-order valence-corrected chi connectivity index (χ2v) is 16.1. The number of benzene rings is 2. The van der Waals surface area contributed by atoms with Gasteiger partial charge in [-0.05, 0) is 47.5 Å². The van der Waals surface area contributed by atoms with Crippen molar-refractivity contribution in [1.82, 2.24) is 13.7 Å². The molecule has 0 fully saturated rings. The largest absolute Gasteiger partial charge is 0.494 e. The Bertz CT molecular complexity index is 2230. The lowest BCUT2D eigenvalue weighted by Gasteiger charge is -2.12. The summed E-state index contributed by atoms with van der Waals surface area (Å²) in [5.41, 5.74) is 8.08. The van der Waals surface area contributed by atoms with Gasteiger partial charge in [-0.3, -0.25) is 4.98 Å². The van der Waals surface area contributed by atoms with Crippen LogP contribution in [0, 0.1) is 0 Å². The summed E-state index contributed by atoms with van der Waals surface area (Å²) in [7, 11) is 11.7. The number of methoxy groups -OCH3 is 2. The fourth-order valence-corrected chi connectivity index (χ4v) is 11.4. The SMILES string of the molecule is COc1c(-c2cnc(-c3sc4cc(-c5ccc(N(C)C)cc5)sc4c3OC)c3nsnc23)sc2cc(-c3ccc(N(C)C)cc3)sc12. The maximum Gasteiger partial charge on any atom is 0.156 e. The Labute approximate surface area is 292 Å². The summed E-state index contributed by atoms with van der Waals surface area (Å²) in [5, 5.41) is 0. The van der Waals surface area contributed by atoms with Crippen LogP contribution in [0.25, 0.3) is 71.7 Å². The van der Waals surface area contributed by atoms with Crippen LogP contribution in [0.4, 0.5) is 11.4 Å². The molecular weight excluding hydrogens is 683 g/mol. The van der Waals surface area contributed by atoms with E-state index < -0.39 is 0 Å². The molecule has 0 amide bonds. The first-order valence-electron chi connectivity index (χ1n) is 14.7. The molecule has 8 aromatic rings. The molecule has 0 N–H and O–H groups in total. The van der Waals surface area contributed by atoms with Crippen molar-refractivity contribution in [3.63, 3.8) is 0 Å². The lowest BCUT2D eigenvalue weighted by Crippen LogP contribution is -2.07. The summed E-state index contributed by atoms with van der Waals surface area (Å²) in [6.07, 6.45) is 1.92. The van der Waals surface area contributed by atoms with Gasteiger partial charge in [-0.1, -0.05) is 24.3 Å². The topological polar surface area (TPSA) is 63.6 Å². The maximum absolute atomic E-state index is 6.05. The number of aromatic nitrogens is 3. The molecule has 0 aliphatic heterocycles. The van der Waals surface area contributed by atoms with Crippen LogP contribution in [0.2, 0.25) is 0 Å². The highest BCUT2D eigenvalue weighted by molar-refractivity contribution is 7.32. The van der Waals surface area contributed by atoms with E-state index in [9.17, 15) is 0 Å². The monoisotopic (exact) mass is 711 g/mol. The molecule has 0 aliphatic carbocycles. The zero-order chi connectivity index (χ0) is 32.4. The molecule has 47 heavy (non-hydrogen) atoms. The average molecular weight is 712 g/mol. The Morgan fingerprint density at radius 1 is 0.596 bits per heavy atom. The number of hydrogen-bond acceptors (Lipinski definition) is 12. The molecule has 2 aromatic carbocycles.